The van der Waals surface area contributed by atoms with Crippen molar-refractivity contribution in [3.63, 3.8) is 0 Å². The van der Waals surface area contributed by atoms with Gasteiger partial charge in [-0.1, -0.05) is 23.7 Å². The summed E-state index contributed by atoms with van der Waals surface area (Å²) in [6.07, 6.45) is 0. The normalized spacial score (nSPS) is 14.7. The first kappa shape index (κ1) is 17.8. The molecule has 0 heterocycles. The minimum atomic E-state index is -1.63. The third-order valence-electron chi connectivity index (χ3n) is 3.38. The summed E-state index contributed by atoms with van der Waals surface area (Å²) in [5.74, 6) is -8.96. The van der Waals surface area contributed by atoms with Crippen molar-refractivity contribution in [2.45, 2.75) is 19.8 Å². The number of hydrogen-bond acceptors (Lipinski definition) is 4. The van der Waals surface area contributed by atoms with Gasteiger partial charge in [-0.15, -0.1) is 0 Å². The average Bonchev–Trinajstić information content (AvgIpc) is 2.37. The van der Waals surface area contributed by atoms with Gasteiger partial charge in [-0.2, -0.15) is 0 Å². The van der Waals surface area contributed by atoms with Crippen LogP contribution in [-0.4, -0.2) is 33.7 Å². The maximum absolute atomic E-state index is 11.7. The van der Waals surface area contributed by atoms with Crippen LogP contribution in [-0.2, 0) is 19.2 Å². The number of carbonyl (C=O) groups excluding carboxylic acids is 2. The maximum Gasteiger partial charge on any atom is 0.314 e. The van der Waals surface area contributed by atoms with Crippen molar-refractivity contribution in [2.75, 3.05) is 0 Å². The van der Waals surface area contributed by atoms with Gasteiger partial charge in [0.1, 0.15) is 23.4 Å². The highest BCUT2D eigenvalue weighted by Gasteiger charge is 2.44. The Balaban J connectivity index is 3.52. The SMILES string of the molecule is CC(=O)C(C(=O)O)C(c1ccc(Cl)cc1)C(C(C)=O)C(=O)O. The first-order valence-electron chi connectivity index (χ1n) is 6.38. The van der Waals surface area contributed by atoms with Gasteiger partial charge in [-0.3, -0.25) is 19.2 Å². The number of carboxylic acids is 2. The van der Waals surface area contributed by atoms with Gasteiger partial charge in [0, 0.05) is 10.9 Å². The highest BCUT2D eigenvalue weighted by atomic mass is 35.5. The number of aliphatic carboxylic acids is 2. The van der Waals surface area contributed by atoms with E-state index in [4.69, 9.17) is 11.6 Å². The van der Waals surface area contributed by atoms with Crippen molar-refractivity contribution in [1.29, 1.82) is 0 Å². The molecule has 118 valence electrons. The van der Waals surface area contributed by atoms with Gasteiger partial charge in [0.05, 0.1) is 0 Å². The van der Waals surface area contributed by atoms with E-state index >= 15 is 0 Å². The molecule has 0 fully saturated rings. The van der Waals surface area contributed by atoms with Crippen molar-refractivity contribution in [3.05, 3.63) is 34.9 Å². The molecule has 0 saturated heterocycles. The first-order valence-corrected chi connectivity index (χ1v) is 6.76. The zero-order valence-electron chi connectivity index (χ0n) is 11.9. The van der Waals surface area contributed by atoms with Crippen LogP contribution in [0.25, 0.3) is 0 Å². The second kappa shape index (κ2) is 7.17. The number of carbonyl (C=O) groups is 4. The summed E-state index contributed by atoms with van der Waals surface area (Å²) >= 11 is 5.76. The fraction of sp³-hybridized carbons (Fsp3) is 0.333. The van der Waals surface area contributed by atoms with Crippen LogP contribution in [0.3, 0.4) is 0 Å². The molecule has 1 rings (SSSR count). The highest BCUT2D eigenvalue weighted by Crippen LogP contribution is 2.35. The lowest BCUT2D eigenvalue weighted by Gasteiger charge is -2.26. The molecule has 0 saturated carbocycles. The predicted molar refractivity (Wildman–Crippen MR) is 77.8 cm³/mol. The standard InChI is InChI=1S/C15H15ClO6/c1-7(17)11(14(19)20)13(12(8(2)18)15(21)22)9-3-5-10(16)6-4-9/h3-6,11-13H,1-2H3,(H,19,20)(H,21,22). The third-order valence-corrected chi connectivity index (χ3v) is 3.63. The molecule has 0 amide bonds. The molecule has 0 aliphatic carbocycles. The Morgan fingerprint density at radius 1 is 0.864 bits per heavy atom. The molecular weight excluding hydrogens is 312 g/mol. The molecule has 2 N–H and O–H groups in total. The number of carboxylic acid groups (broad SMARTS) is 2. The van der Waals surface area contributed by atoms with E-state index < -0.39 is 41.3 Å². The number of benzene rings is 1. The monoisotopic (exact) mass is 326 g/mol. The fourth-order valence-corrected chi connectivity index (χ4v) is 2.55. The van der Waals surface area contributed by atoms with Crippen LogP contribution in [0.1, 0.15) is 25.3 Å². The van der Waals surface area contributed by atoms with E-state index in [9.17, 15) is 29.4 Å². The van der Waals surface area contributed by atoms with E-state index in [1.807, 2.05) is 0 Å². The lowest BCUT2D eigenvalue weighted by atomic mass is 9.73. The Hall–Kier alpha value is -2.21. The lowest BCUT2D eigenvalue weighted by Crippen LogP contribution is -2.39. The number of ketones is 2. The number of halogens is 1. The summed E-state index contributed by atoms with van der Waals surface area (Å²) < 4.78 is 0. The van der Waals surface area contributed by atoms with Gasteiger partial charge < -0.3 is 10.2 Å². The Kier molecular flexibility index (Phi) is 5.82. The van der Waals surface area contributed by atoms with Crippen molar-refractivity contribution < 1.29 is 29.4 Å². The zero-order valence-corrected chi connectivity index (χ0v) is 12.7. The average molecular weight is 327 g/mol. The van der Waals surface area contributed by atoms with Gasteiger partial charge in [0.25, 0.3) is 0 Å². The van der Waals surface area contributed by atoms with Crippen LogP contribution in [0.5, 0.6) is 0 Å². The van der Waals surface area contributed by atoms with E-state index in [0.717, 1.165) is 13.8 Å². The molecule has 0 aliphatic heterocycles. The van der Waals surface area contributed by atoms with Crippen LogP contribution in [0.2, 0.25) is 5.02 Å². The van der Waals surface area contributed by atoms with Crippen molar-refractivity contribution >= 4 is 35.1 Å². The number of Topliss-reactive ketones (excluding diaryl/α,β-unsaturated/α-hetero) is 2. The molecule has 6 nitrogen and oxygen atoms in total. The molecule has 0 spiro atoms. The fourth-order valence-electron chi connectivity index (χ4n) is 2.42. The minimum absolute atomic E-state index is 0.259. The summed E-state index contributed by atoms with van der Waals surface area (Å²) in [4.78, 5) is 46.3. The topological polar surface area (TPSA) is 109 Å². The minimum Gasteiger partial charge on any atom is -0.481 e. The highest BCUT2D eigenvalue weighted by molar-refractivity contribution is 6.30. The van der Waals surface area contributed by atoms with Crippen molar-refractivity contribution in [3.8, 4) is 0 Å². The van der Waals surface area contributed by atoms with Gasteiger partial charge in [0.15, 0.2) is 0 Å². The summed E-state index contributed by atoms with van der Waals surface area (Å²) in [5, 5.41) is 19.0. The summed E-state index contributed by atoms with van der Waals surface area (Å²) in [5.41, 5.74) is 0.259. The Morgan fingerprint density at radius 3 is 1.50 bits per heavy atom. The van der Waals surface area contributed by atoms with Gasteiger partial charge in [-0.25, -0.2) is 0 Å². The predicted octanol–water partition coefficient (Wildman–Crippen LogP) is 2.00. The zero-order chi connectivity index (χ0) is 17.0. The van der Waals surface area contributed by atoms with Crippen LogP contribution in [0, 0.1) is 11.8 Å². The molecule has 0 radical (unpaired) electrons. The third kappa shape index (κ3) is 3.92. The van der Waals surface area contributed by atoms with Crippen LogP contribution in [0.15, 0.2) is 24.3 Å². The number of hydrogen-bond donors (Lipinski definition) is 2. The molecule has 0 aromatic heterocycles. The molecule has 0 bridgehead atoms. The lowest BCUT2D eigenvalue weighted by molar-refractivity contribution is -0.151. The summed E-state index contributed by atoms with van der Waals surface area (Å²) in [6.45, 7) is 2.11. The second-order valence-electron chi connectivity index (χ2n) is 4.93. The van der Waals surface area contributed by atoms with E-state index in [1.165, 1.54) is 24.3 Å². The van der Waals surface area contributed by atoms with E-state index in [-0.39, 0.29) is 5.56 Å². The van der Waals surface area contributed by atoms with Crippen molar-refractivity contribution in [2.24, 2.45) is 11.8 Å². The molecular formula is C15H15ClO6. The smallest absolute Gasteiger partial charge is 0.314 e. The maximum atomic E-state index is 11.7. The summed E-state index contributed by atoms with van der Waals surface area (Å²) in [7, 11) is 0. The van der Waals surface area contributed by atoms with Gasteiger partial charge in [-0.05, 0) is 31.5 Å². The van der Waals surface area contributed by atoms with E-state index in [0.29, 0.717) is 5.02 Å². The van der Waals surface area contributed by atoms with Crippen molar-refractivity contribution in [1.82, 2.24) is 0 Å². The Labute approximate surface area is 131 Å². The van der Waals surface area contributed by atoms with Gasteiger partial charge in [0.2, 0.25) is 0 Å². The quantitative estimate of drug-likeness (QED) is 0.742. The Bertz CT molecular complexity index is 547. The van der Waals surface area contributed by atoms with Crippen LogP contribution < -0.4 is 0 Å². The molecule has 22 heavy (non-hydrogen) atoms. The van der Waals surface area contributed by atoms with Gasteiger partial charge >= 0.3 is 11.9 Å². The summed E-state index contributed by atoms with van der Waals surface area (Å²) in [6, 6.07) is 5.74. The first-order chi connectivity index (χ1) is 10.2. The molecule has 1 aromatic carbocycles. The number of rotatable bonds is 7. The molecule has 2 atom stereocenters. The van der Waals surface area contributed by atoms with Crippen LogP contribution >= 0.6 is 11.6 Å². The largest absolute Gasteiger partial charge is 0.481 e. The molecule has 0 aliphatic rings. The van der Waals surface area contributed by atoms with E-state index in [2.05, 4.69) is 0 Å². The molecule has 1 aromatic rings. The molecule has 2 unspecified atom stereocenters. The second-order valence-corrected chi connectivity index (χ2v) is 5.37. The molecule has 7 heteroatoms. The van der Waals surface area contributed by atoms with E-state index in [1.54, 1.807) is 0 Å². The van der Waals surface area contributed by atoms with Crippen LogP contribution in [0.4, 0.5) is 0 Å². The Morgan fingerprint density at radius 2 is 1.23 bits per heavy atom.